The van der Waals surface area contributed by atoms with Gasteiger partial charge in [0.05, 0.1) is 18.1 Å². The minimum absolute atomic E-state index is 0.108. The highest BCUT2D eigenvalue weighted by molar-refractivity contribution is 5.95. The van der Waals surface area contributed by atoms with Gasteiger partial charge in [0.2, 0.25) is 0 Å². The molecule has 1 aromatic carbocycles. The average Bonchev–Trinajstić information content (AvgIpc) is 2.67. The quantitative estimate of drug-likeness (QED) is 0.635. The number of hydrogen-bond acceptors (Lipinski definition) is 7. The number of nitrogens with one attached hydrogen (secondary N) is 1. The second kappa shape index (κ2) is 8.24. The molecule has 9 nitrogen and oxygen atoms in total. The Hall–Kier alpha value is -2.23. The highest BCUT2D eigenvalue weighted by atomic mass is 16.8. The summed E-state index contributed by atoms with van der Waals surface area (Å²) in [5, 5.41) is 11.4. The molecule has 0 radical (unpaired) electrons. The molecule has 0 aromatic heterocycles. The molecule has 1 N–H and O–H groups in total. The van der Waals surface area contributed by atoms with Crippen LogP contribution in [0.5, 0.6) is 0 Å². The van der Waals surface area contributed by atoms with Crippen molar-refractivity contribution in [3.63, 3.8) is 0 Å². The zero-order chi connectivity index (χ0) is 17.6. The Morgan fingerprint density at radius 1 is 1.28 bits per heavy atom. The number of rotatable bonds is 5. The Morgan fingerprint density at radius 2 is 2.08 bits per heavy atom. The molecule has 0 aliphatic carbocycles. The highest BCUT2D eigenvalue weighted by Crippen LogP contribution is 2.30. The normalized spacial score (nSPS) is 21.0. The van der Waals surface area contributed by atoms with Crippen LogP contribution in [0.25, 0.3) is 0 Å². The van der Waals surface area contributed by atoms with Crippen LogP contribution in [-0.2, 0) is 14.3 Å². The van der Waals surface area contributed by atoms with Crippen molar-refractivity contribution in [2.45, 2.75) is 25.6 Å². The van der Waals surface area contributed by atoms with Gasteiger partial charge in [-0.15, -0.1) is 0 Å². The number of nitrogens with zero attached hydrogens (tertiary/aromatic N) is 2. The molecule has 2 aliphatic heterocycles. The summed E-state index contributed by atoms with van der Waals surface area (Å²) in [6.07, 6.45) is 2.18. The molecule has 3 rings (SSSR count). The molecule has 2 heterocycles. The molecular weight excluding hydrogens is 330 g/mol. The van der Waals surface area contributed by atoms with Crippen LogP contribution >= 0.6 is 0 Å². The van der Waals surface area contributed by atoms with Crippen LogP contribution in [0.1, 0.15) is 29.6 Å². The van der Waals surface area contributed by atoms with E-state index in [-0.39, 0.29) is 11.3 Å². The molecule has 9 heteroatoms. The fraction of sp³-hybridized carbons (Fsp3) is 0.562. The minimum atomic E-state index is -0.536. The Morgan fingerprint density at radius 3 is 2.76 bits per heavy atom. The summed E-state index contributed by atoms with van der Waals surface area (Å²) in [5.41, 5.74) is 2.86. The number of carbonyl (C=O) groups is 1. The maximum absolute atomic E-state index is 12.2. The highest BCUT2D eigenvalue weighted by Gasteiger charge is 2.24. The first-order chi connectivity index (χ1) is 12.1. The maximum Gasteiger partial charge on any atom is 0.293 e. The fourth-order valence-corrected chi connectivity index (χ4v) is 2.86. The number of hydrogen-bond donors (Lipinski definition) is 1. The summed E-state index contributed by atoms with van der Waals surface area (Å²) >= 11 is 0. The number of ether oxygens (including phenoxy) is 2. The van der Waals surface area contributed by atoms with Gasteiger partial charge in [-0.1, -0.05) is 0 Å². The lowest BCUT2D eigenvalue weighted by atomic mass is 10.1. The molecule has 136 valence electrons. The van der Waals surface area contributed by atoms with Crippen LogP contribution in [-0.4, -0.2) is 50.0 Å². The number of hydroxylamine groups is 1. The largest absolute Gasteiger partial charge is 0.378 e. The van der Waals surface area contributed by atoms with Crippen LogP contribution in [0.3, 0.4) is 0 Å². The first kappa shape index (κ1) is 17.6. The summed E-state index contributed by atoms with van der Waals surface area (Å²) in [4.78, 5) is 30.2. The zero-order valence-corrected chi connectivity index (χ0v) is 13.8. The third-order valence-corrected chi connectivity index (χ3v) is 4.21. The van der Waals surface area contributed by atoms with Crippen molar-refractivity contribution in [3.05, 3.63) is 33.9 Å². The third kappa shape index (κ3) is 4.44. The Labute approximate surface area is 144 Å². The number of amides is 1. The van der Waals surface area contributed by atoms with E-state index in [1.165, 1.54) is 6.07 Å². The average molecular weight is 351 g/mol. The van der Waals surface area contributed by atoms with Gasteiger partial charge < -0.3 is 14.4 Å². The molecule has 25 heavy (non-hydrogen) atoms. The number of anilines is 1. The summed E-state index contributed by atoms with van der Waals surface area (Å²) in [5.74, 6) is -0.536. The molecule has 1 atom stereocenters. The molecule has 1 amide bonds. The van der Waals surface area contributed by atoms with Crippen molar-refractivity contribution in [2.24, 2.45) is 0 Å². The van der Waals surface area contributed by atoms with E-state index >= 15 is 0 Å². The Bertz CT molecular complexity index is 626. The second-order valence-corrected chi connectivity index (χ2v) is 5.91. The second-order valence-electron chi connectivity index (χ2n) is 5.91. The van der Waals surface area contributed by atoms with Crippen LogP contribution in [0, 0.1) is 10.1 Å². The van der Waals surface area contributed by atoms with Gasteiger partial charge >= 0.3 is 0 Å². The van der Waals surface area contributed by atoms with Gasteiger partial charge in [-0.25, -0.2) is 10.3 Å². The van der Waals surface area contributed by atoms with E-state index in [0.29, 0.717) is 45.0 Å². The summed E-state index contributed by atoms with van der Waals surface area (Å²) < 4.78 is 10.6. The van der Waals surface area contributed by atoms with Gasteiger partial charge in [-0.05, 0) is 25.0 Å². The van der Waals surface area contributed by atoms with Crippen molar-refractivity contribution in [2.75, 3.05) is 37.8 Å². The lowest BCUT2D eigenvalue weighted by Crippen LogP contribution is -2.36. The van der Waals surface area contributed by atoms with Gasteiger partial charge in [-0.3, -0.25) is 14.9 Å². The SMILES string of the molecule is O=C(NO[C@H]1CCCCO1)c1ccc(N2CCOCC2)c([N+](=O)[O-])c1. The van der Waals surface area contributed by atoms with Gasteiger partial charge in [0.25, 0.3) is 11.6 Å². The topological polar surface area (TPSA) is 103 Å². The van der Waals surface area contributed by atoms with E-state index < -0.39 is 17.1 Å². The first-order valence-corrected chi connectivity index (χ1v) is 8.34. The predicted molar refractivity (Wildman–Crippen MR) is 88.3 cm³/mol. The van der Waals surface area contributed by atoms with Crippen molar-refractivity contribution in [1.29, 1.82) is 0 Å². The standard InChI is InChI=1S/C16H21N3O6/c20-16(17-25-15-3-1-2-8-24-15)12-4-5-13(14(11-12)19(21)22)18-6-9-23-10-7-18/h4-5,11,15H,1-3,6-10H2,(H,17,20)/t15-/m0/s1. The van der Waals surface area contributed by atoms with Crippen molar-refractivity contribution in [3.8, 4) is 0 Å². The number of benzene rings is 1. The predicted octanol–water partition coefficient (Wildman–Crippen LogP) is 1.62. The van der Waals surface area contributed by atoms with E-state index in [4.69, 9.17) is 14.3 Å². The minimum Gasteiger partial charge on any atom is -0.378 e. The maximum atomic E-state index is 12.2. The van der Waals surface area contributed by atoms with Gasteiger partial charge in [0.15, 0.2) is 6.29 Å². The van der Waals surface area contributed by atoms with E-state index in [1.807, 2.05) is 4.90 Å². The van der Waals surface area contributed by atoms with Crippen LogP contribution in [0.2, 0.25) is 0 Å². The van der Waals surface area contributed by atoms with Crippen molar-refractivity contribution >= 4 is 17.3 Å². The van der Waals surface area contributed by atoms with Crippen LogP contribution in [0.15, 0.2) is 18.2 Å². The summed E-state index contributed by atoms with van der Waals surface area (Å²) in [6, 6.07) is 4.42. The lowest BCUT2D eigenvalue weighted by Gasteiger charge is -2.28. The molecular formula is C16H21N3O6. The van der Waals surface area contributed by atoms with Gasteiger partial charge in [0.1, 0.15) is 5.69 Å². The van der Waals surface area contributed by atoms with Gasteiger partial charge in [0, 0.05) is 37.7 Å². The molecule has 0 bridgehead atoms. The van der Waals surface area contributed by atoms with E-state index in [2.05, 4.69) is 5.48 Å². The summed E-state index contributed by atoms with van der Waals surface area (Å²) in [6.45, 7) is 2.80. The zero-order valence-electron chi connectivity index (χ0n) is 13.8. The van der Waals surface area contributed by atoms with E-state index in [0.717, 1.165) is 12.8 Å². The lowest BCUT2D eigenvalue weighted by molar-refractivity contribution is -0.384. The molecule has 1 aromatic rings. The molecule has 0 spiro atoms. The first-order valence-electron chi connectivity index (χ1n) is 8.34. The van der Waals surface area contributed by atoms with Crippen molar-refractivity contribution < 1.29 is 24.0 Å². The molecule has 0 saturated carbocycles. The molecule has 0 unspecified atom stereocenters. The fourth-order valence-electron chi connectivity index (χ4n) is 2.86. The Balaban J connectivity index is 1.69. The number of morpholine rings is 1. The summed E-state index contributed by atoms with van der Waals surface area (Å²) in [7, 11) is 0. The van der Waals surface area contributed by atoms with E-state index in [9.17, 15) is 14.9 Å². The molecule has 2 fully saturated rings. The number of nitro benzene ring substituents is 1. The van der Waals surface area contributed by atoms with Crippen LogP contribution < -0.4 is 10.4 Å². The monoisotopic (exact) mass is 351 g/mol. The Kier molecular flexibility index (Phi) is 5.79. The van der Waals surface area contributed by atoms with Crippen LogP contribution in [0.4, 0.5) is 11.4 Å². The smallest absolute Gasteiger partial charge is 0.293 e. The third-order valence-electron chi connectivity index (χ3n) is 4.21. The number of nitro groups is 1. The van der Waals surface area contributed by atoms with Crippen molar-refractivity contribution in [1.82, 2.24) is 5.48 Å². The van der Waals surface area contributed by atoms with Gasteiger partial charge in [-0.2, -0.15) is 0 Å². The number of carbonyl (C=O) groups excluding carboxylic acids is 1. The van der Waals surface area contributed by atoms with E-state index in [1.54, 1.807) is 12.1 Å². The molecule has 2 aliphatic rings. The molecule has 2 saturated heterocycles.